The molecule has 90 valence electrons. The predicted molar refractivity (Wildman–Crippen MR) is 67.6 cm³/mol. The van der Waals surface area contributed by atoms with Crippen molar-refractivity contribution in [2.24, 2.45) is 5.92 Å². The number of hydrogen-bond donors (Lipinski definition) is 2. The molecule has 3 N–H and O–H groups in total. The van der Waals surface area contributed by atoms with Gasteiger partial charge in [-0.2, -0.15) is 0 Å². The normalized spacial score (nSPS) is 25.7. The zero-order valence-electron chi connectivity index (χ0n) is 10.5. The molecule has 0 bridgehead atoms. The van der Waals surface area contributed by atoms with Gasteiger partial charge in [-0.25, -0.2) is 4.98 Å². The molecule has 1 heterocycles. The topological polar surface area (TPSA) is 57.9 Å². The van der Waals surface area contributed by atoms with E-state index in [0.717, 1.165) is 17.6 Å². The Morgan fingerprint density at radius 2 is 2.19 bits per heavy atom. The van der Waals surface area contributed by atoms with Crippen LogP contribution in [-0.4, -0.2) is 23.1 Å². The summed E-state index contributed by atoms with van der Waals surface area (Å²) in [5.41, 5.74) is 5.92. The number of H-pyrrole nitrogens is 1. The molecule has 1 aromatic heterocycles. The third-order valence-electron chi connectivity index (χ3n) is 3.62. The molecule has 0 saturated heterocycles. The van der Waals surface area contributed by atoms with Crippen LogP contribution in [0.5, 0.6) is 0 Å². The summed E-state index contributed by atoms with van der Waals surface area (Å²) in [6, 6.07) is 0.591. The SMILES string of the molecule is Cc1nc(N(C)C2CCCC(C)C2)c(N)[nH]1. The van der Waals surface area contributed by atoms with Crippen LogP contribution < -0.4 is 10.6 Å². The van der Waals surface area contributed by atoms with E-state index in [0.29, 0.717) is 11.9 Å². The Morgan fingerprint density at radius 1 is 1.44 bits per heavy atom. The summed E-state index contributed by atoms with van der Waals surface area (Å²) in [5.74, 6) is 3.32. The molecule has 1 fully saturated rings. The van der Waals surface area contributed by atoms with Crippen molar-refractivity contribution in [2.45, 2.75) is 45.6 Å². The average molecular weight is 222 g/mol. The van der Waals surface area contributed by atoms with Gasteiger partial charge in [0, 0.05) is 13.1 Å². The van der Waals surface area contributed by atoms with Crippen molar-refractivity contribution in [1.29, 1.82) is 0 Å². The number of imidazole rings is 1. The molecule has 2 unspecified atom stereocenters. The average Bonchev–Trinajstić information content (AvgIpc) is 2.57. The number of rotatable bonds is 2. The fourth-order valence-electron chi connectivity index (χ4n) is 2.69. The second-order valence-electron chi connectivity index (χ2n) is 5.10. The van der Waals surface area contributed by atoms with Crippen molar-refractivity contribution in [3.8, 4) is 0 Å². The Hall–Kier alpha value is -1.19. The lowest BCUT2D eigenvalue weighted by Crippen LogP contribution is -2.36. The number of hydrogen-bond acceptors (Lipinski definition) is 3. The minimum Gasteiger partial charge on any atom is -0.382 e. The quantitative estimate of drug-likeness (QED) is 0.807. The van der Waals surface area contributed by atoms with Crippen molar-refractivity contribution in [3.05, 3.63) is 5.82 Å². The highest BCUT2D eigenvalue weighted by atomic mass is 15.2. The Labute approximate surface area is 97.2 Å². The summed E-state index contributed by atoms with van der Waals surface area (Å²) in [4.78, 5) is 9.76. The number of nitrogens with one attached hydrogen (secondary N) is 1. The van der Waals surface area contributed by atoms with E-state index in [4.69, 9.17) is 5.73 Å². The standard InChI is InChI=1S/C12H22N4/c1-8-5-4-6-10(7-8)16(3)12-11(13)14-9(2)15-12/h8,10H,4-7,13H2,1-3H3,(H,14,15). The van der Waals surface area contributed by atoms with E-state index in [1.165, 1.54) is 25.7 Å². The first kappa shape index (κ1) is 11.3. The number of aryl methyl sites for hydroxylation is 1. The Bertz CT molecular complexity index is 358. The molecule has 1 aliphatic rings. The molecule has 1 saturated carbocycles. The monoisotopic (exact) mass is 222 g/mol. The number of aromatic nitrogens is 2. The first-order chi connectivity index (χ1) is 7.58. The fraction of sp³-hybridized carbons (Fsp3) is 0.750. The van der Waals surface area contributed by atoms with Crippen LogP contribution in [0.3, 0.4) is 0 Å². The van der Waals surface area contributed by atoms with E-state index < -0.39 is 0 Å². The van der Waals surface area contributed by atoms with Crippen LogP contribution in [0.4, 0.5) is 11.6 Å². The molecule has 0 radical (unpaired) electrons. The van der Waals surface area contributed by atoms with E-state index >= 15 is 0 Å². The zero-order valence-corrected chi connectivity index (χ0v) is 10.5. The lowest BCUT2D eigenvalue weighted by atomic mass is 9.86. The van der Waals surface area contributed by atoms with E-state index in [9.17, 15) is 0 Å². The summed E-state index contributed by atoms with van der Waals surface area (Å²) < 4.78 is 0. The molecule has 16 heavy (non-hydrogen) atoms. The molecule has 1 aromatic rings. The minimum atomic E-state index is 0.591. The zero-order chi connectivity index (χ0) is 11.7. The molecule has 2 rings (SSSR count). The van der Waals surface area contributed by atoms with Gasteiger partial charge in [0.25, 0.3) is 0 Å². The summed E-state index contributed by atoms with van der Waals surface area (Å²) in [6.07, 6.45) is 5.19. The van der Waals surface area contributed by atoms with Crippen LogP contribution in [-0.2, 0) is 0 Å². The van der Waals surface area contributed by atoms with Gasteiger partial charge in [-0.15, -0.1) is 0 Å². The van der Waals surface area contributed by atoms with Crippen LogP contribution in [0.2, 0.25) is 0 Å². The van der Waals surface area contributed by atoms with Crippen molar-refractivity contribution >= 4 is 11.6 Å². The lowest BCUT2D eigenvalue weighted by Gasteiger charge is -2.34. The van der Waals surface area contributed by atoms with Gasteiger partial charge in [0.15, 0.2) is 5.82 Å². The molecule has 0 spiro atoms. The van der Waals surface area contributed by atoms with Gasteiger partial charge in [0.1, 0.15) is 11.6 Å². The summed E-state index contributed by atoms with van der Waals surface area (Å²) in [5, 5.41) is 0. The fourth-order valence-corrected chi connectivity index (χ4v) is 2.69. The second kappa shape index (κ2) is 4.36. The van der Waals surface area contributed by atoms with E-state index in [1.54, 1.807) is 0 Å². The maximum Gasteiger partial charge on any atom is 0.171 e. The number of nitrogens with zero attached hydrogens (tertiary/aromatic N) is 2. The number of anilines is 2. The van der Waals surface area contributed by atoms with Gasteiger partial charge in [0.2, 0.25) is 0 Å². The predicted octanol–water partition coefficient (Wildman–Crippen LogP) is 2.32. The van der Waals surface area contributed by atoms with Crippen molar-refractivity contribution in [3.63, 3.8) is 0 Å². The maximum absolute atomic E-state index is 5.92. The van der Waals surface area contributed by atoms with Crippen LogP contribution in [0, 0.1) is 12.8 Å². The summed E-state index contributed by atoms with van der Waals surface area (Å²) in [6.45, 7) is 4.27. The number of nitrogens with two attached hydrogens (primary N) is 1. The van der Waals surface area contributed by atoms with Crippen LogP contribution in [0.15, 0.2) is 0 Å². The van der Waals surface area contributed by atoms with Gasteiger partial charge in [0.05, 0.1) is 0 Å². The molecular formula is C12H22N4. The highest BCUT2D eigenvalue weighted by Gasteiger charge is 2.24. The molecule has 4 heteroatoms. The van der Waals surface area contributed by atoms with Gasteiger partial charge in [-0.1, -0.05) is 19.8 Å². The third kappa shape index (κ3) is 2.15. The molecule has 2 atom stereocenters. The molecule has 4 nitrogen and oxygen atoms in total. The first-order valence-corrected chi connectivity index (χ1v) is 6.13. The summed E-state index contributed by atoms with van der Waals surface area (Å²) >= 11 is 0. The first-order valence-electron chi connectivity index (χ1n) is 6.13. The molecule has 0 amide bonds. The van der Waals surface area contributed by atoms with Gasteiger partial charge in [-0.3, -0.25) is 0 Å². The molecule has 0 aliphatic heterocycles. The third-order valence-corrected chi connectivity index (χ3v) is 3.62. The van der Waals surface area contributed by atoms with Crippen molar-refractivity contribution < 1.29 is 0 Å². The van der Waals surface area contributed by atoms with Crippen LogP contribution >= 0.6 is 0 Å². The highest BCUT2D eigenvalue weighted by Crippen LogP contribution is 2.30. The second-order valence-corrected chi connectivity index (χ2v) is 5.10. The molecule has 1 aliphatic carbocycles. The Morgan fingerprint density at radius 3 is 2.75 bits per heavy atom. The number of nitrogen functional groups attached to an aromatic ring is 1. The van der Waals surface area contributed by atoms with Crippen LogP contribution in [0.1, 0.15) is 38.4 Å². The maximum atomic E-state index is 5.92. The highest BCUT2D eigenvalue weighted by molar-refractivity contribution is 5.59. The lowest BCUT2D eigenvalue weighted by molar-refractivity contribution is 0.336. The minimum absolute atomic E-state index is 0.591. The van der Waals surface area contributed by atoms with Gasteiger partial charge < -0.3 is 15.6 Å². The van der Waals surface area contributed by atoms with E-state index in [2.05, 4.69) is 28.8 Å². The Balaban J connectivity index is 2.11. The number of aromatic amines is 1. The van der Waals surface area contributed by atoms with Gasteiger partial charge in [-0.05, 0) is 25.7 Å². The van der Waals surface area contributed by atoms with Crippen molar-refractivity contribution in [1.82, 2.24) is 9.97 Å². The summed E-state index contributed by atoms with van der Waals surface area (Å²) in [7, 11) is 2.11. The largest absolute Gasteiger partial charge is 0.382 e. The van der Waals surface area contributed by atoms with E-state index in [-0.39, 0.29) is 0 Å². The Kier molecular flexibility index (Phi) is 3.08. The van der Waals surface area contributed by atoms with Crippen LogP contribution in [0.25, 0.3) is 0 Å². The molecular weight excluding hydrogens is 200 g/mol. The van der Waals surface area contributed by atoms with E-state index in [1.807, 2.05) is 6.92 Å². The molecule has 0 aromatic carbocycles. The van der Waals surface area contributed by atoms with Crippen molar-refractivity contribution in [2.75, 3.05) is 17.7 Å². The van der Waals surface area contributed by atoms with Gasteiger partial charge >= 0.3 is 0 Å². The smallest absolute Gasteiger partial charge is 0.171 e.